The largest absolute Gasteiger partial charge is 0.481 e. The second kappa shape index (κ2) is 7.36. The van der Waals surface area contributed by atoms with E-state index in [0.717, 1.165) is 6.07 Å². The van der Waals surface area contributed by atoms with Crippen molar-refractivity contribution < 1.29 is 19.2 Å². The zero-order valence-electron chi connectivity index (χ0n) is 10.7. The lowest BCUT2D eigenvalue weighted by atomic mass is 10.1. The number of nitrogens with zero attached hydrogens (tertiary/aromatic N) is 1. The van der Waals surface area contributed by atoms with E-state index in [1.165, 1.54) is 6.07 Å². The van der Waals surface area contributed by atoms with Crippen LogP contribution in [0.5, 0.6) is 0 Å². The molecule has 1 atom stereocenters. The van der Waals surface area contributed by atoms with E-state index in [9.17, 15) is 19.3 Å². The summed E-state index contributed by atoms with van der Waals surface area (Å²) in [5, 5.41) is 22.3. The molecule has 0 aliphatic rings. The van der Waals surface area contributed by atoms with Crippen LogP contribution >= 0.6 is 22.6 Å². The van der Waals surface area contributed by atoms with Gasteiger partial charge in [-0.3, -0.25) is 14.9 Å². The third kappa shape index (κ3) is 4.91. The Kier molecular flexibility index (Phi) is 6.11. The number of benzene rings is 1. The zero-order valence-corrected chi connectivity index (χ0v) is 12.9. The minimum absolute atomic E-state index is 0.00745. The van der Waals surface area contributed by atoms with Gasteiger partial charge in [0.1, 0.15) is 11.5 Å². The van der Waals surface area contributed by atoms with Gasteiger partial charge in [-0.05, 0) is 34.9 Å². The summed E-state index contributed by atoms with van der Waals surface area (Å²) < 4.78 is 13.6. The van der Waals surface area contributed by atoms with Crippen molar-refractivity contribution in [2.45, 2.75) is 19.8 Å². The van der Waals surface area contributed by atoms with Gasteiger partial charge in [-0.2, -0.15) is 0 Å². The van der Waals surface area contributed by atoms with E-state index >= 15 is 0 Å². The molecule has 0 aromatic heterocycles. The summed E-state index contributed by atoms with van der Waals surface area (Å²) in [5.74, 6) is -1.41. The van der Waals surface area contributed by atoms with E-state index in [0.29, 0.717) is 13.0 Å². The topological polar surface area (TPSA) is 92.5 Å². The fourth-order valence-electron chi connectivity index (χ4n) is 1.59. The molecule has 20 heavy (non-hydrogen) atoms. The monoisotopic (exact) mass is 396 g/mol. The Morgan fingerprint density at radius 3 is 2.80 bits per heavy atom. The van der Waals surface area contributed by atoms with Gasteiger partial charge in [0.25, 0.3) is 5.69 Å². The van der Waals surface area contributed by atoms with Gasteiger partial charge < -0.3 is 10.4 Å². The molecule has 0 spiro atoms. The number of hydrogen-bond donors (Lipinski definition) is 2. The molecular weight excluding hydrogens is 382 g/mol. The van der Waals surface area contributed by atoms with Crippen LogP contribution in [-0.4, -0.2) is 22.5 Å². The maximum Gasteiger partial charge on any atom is 0.303 e. The lowest BCUT2D eigenvalue weighted by Crippen LogP contribution is -2.14. The van der Waals surface area contributed by atoms with Crippen LogP contribution in [0, 0.1) is 25.4 Å². The average Bonchev–Trinajstić information content (AvgIpc) is 2.36. The fourth-order valence-corrected chi connectivity index (χ4v) is 2.04. The van der Waals surface area contributed by atoms with E-state index in [-0.39, 0.29) is 27.3 Å². The van der Waals surface area contributed by atoms with Crippen molar-refractivity contribution in [2.75, 3.05) is 11.9 Å². The first kappa shape index (κ1) is 16.6. The number of nitro groups is 1. The molecule has 8 heteroatoms. The first-order valence-corrected chi connectivity index (χ1v) is 6.98. The van der Waals surface area contributed by atoms with Crippen LogP contribution < -0.4 is 5.32 Å². The molecule has 0 aliphatic carbocycles. The van der Waals surface area contributed by atoms with Crippen LogP contribution in [0.2, 0.25) is 0 Å². The Labute approximate surface area is 128 Å². The van der Waals surface area contributed by atoms with E-state index in [1.54, 1.807) is 22.6 Å². The van der Waals surface area contributed by atoms with Crippen LogP contribution in [0.3, 0.4) is 0 Å². The Morgan fingerprint density at radius 2 is 2.25 bits per heavy atom. The number of nitro benzene ring substituents is 1. The molecule has 0 amide bonds. The smallest absolute Gasteiger partial charge is 0.303 e. The van der Waals surface area contributed by atoms with Crippen LogP contribution in [0.4, 0.5) is 15.8 Å². The van der Waals surface area contributed by atoms with E-state index < -0.39 is 16.7 Å². The van der Waals surface area contributed by atoms with Crippen molar-refractivity contribution in [1.29, 1.82) is 0 Å². The third-order valence-corrected chi connectivity index (χ3v) is 3.55. The number of anilines is 1. The maximum atomic E-state index is 13.5. The fraction of sp³-hybridized carbons (Fsp3) is 0.417. The molecule has 6 nitrogen and oxygen atoms in total. The summed E-state index contributed by atoms with van der Waals surface area (Å²) in [4.78, 5) is 20.8. The summed E-state index contributed by atoms with van der Waals surface area (Å²) in [6.45, 7) is 2.17. The molecular formula is C12H14FIN2O4. The maximum absolute atomic E-state index is 13.5. The van der Waals surface area contributed by atoms with Gasteiger partial charge in [0, 0.05) is 25.1 Å². The molecule has 0 saturated heterocycles. The minimum atomic E-state index is -0.886. The van der Waals surface area contributed by atoms with Gasteiger partial charge in [-0.25, -0.2) is 4.39 Å². The first-order valence-electron chi connectivity index (χ1n) is 5.90. The predicted molar refractivity (Wildman–Crippen MR) is 80.3 cm³/mol. The van der Waals surface area contributed by atoms with Crippen LogP contribution in [0.15, 0.2) is 12.1 Å². The van der Waals surface area contributed by atoms with Crippen molar-refractivity contribution in [3.8, 4) is 0 Å². The van der Waals surface area contributed by atoms with Crippen LogP contribution in [0.25, 0.3) is 0 Å². The highest BCUT2D eigenvalue weighted by atomic mass is 127. The molecule has 1 aromatic carbocycles. The van der Waals surface area contributed by atoms with Gasteiger partial charge in [-0.1, -0.05) is 6.92 Å². The summed E-state index contributed by atoms with van der Waals surface area (Å²) in [5.41, 5.74) is -0.0867. The first-order chi connectivity index (χ1) is 9.31. The van der Waals surface area contributed by atoms with Gasteiger partial charge in [0.2, 0.25) is 0 Å². The predicted octanol–water partition coefficient (Wildman–Crippen LogP) is 3.25. The van der Waals surface area contributed by atoms with Crippen molar-refractivity contribution in [3.05, 3.63) is 31.6 Å². The normalized spacial score (nSPS) is 11.9. The van der Waals surface area contributed by atoms with Crippen LogP contribution in [0.1, 0.15) is 19.8 Å². The minimum Gasteiger partial charge on any atom is -0.481 e. The van der Waals surface area contributed by atoms with Gasteiger partial charge in [0.05, 0.1) is 8.49 Å². The Balaban J connectivity index is 2.74. The van der Waals surface area contributed by atoms with Crippen molar-refractivity contribution in [1.82, 2.24) is 0 Å². The molecule has 0 saturated carbocycles. The molecule has 110 valence electrons. The summed E-state index contributed by atoms with van der Waals surface area (Å²) in [6.07, 6.45) is 0.481. The highest BCUT2D eigenvalue weighted by molar-refractivity contribution is 14.1. The molecule has 2 N–H and O–H groups in total. The number of nitrogens with one attached hydrogen (secondary N) is 1. The third-order valence-electron chi connectivity index (χ3n) is 2.73. The number of halogens is 2. The highest BCUT2D eigenvalue weighted by Crippen LogP contribution is 2.28. The molecule has 1 unspecified atom stereocenters. The number of carboxylic acids is 1. The van der Waals surface area contributed by atoms with Gasteiger partial charge in [-0.15, -0.1) is 0 Å². The molecule has 0 heterocycles. The number of carbonyl (C=O) groups is 1. The Bertz CT molecular complexity index is 524. The summed E-state index contributed by atoms with van der Waals surface area (Å²) >= 11 is 1.69. The molecule has 0 fully saturated rings. The molecule has 0 aliphatic heterocycles. The molecule has 0 radical (unpaired) electrons. The SMILES string of the molecule is CC(CCC(=O)O)CNc1cc(F)c(I)cc1[N+](=O)[O-]. The van der Waals surface area contributed by atoms with E-state index in [4.69, 9.17) is 5.11 Å². The summed E-state index contributed by atoms with van der Waals surface area (Å²) in [6, 6.07) is 2.25. The molecule has 1 aromatic rings. The van der Waals surface area contributed by atoms with Gasteiger partial charge in [0.15, 0.2) is 0 Å². The lowest BCUT2D eigenvalue weighted by Gasteiger charge is -2.13. The lowest BCUT2D eigenvalue weighted by molar-refractivity contribution is -0.384. The number of rotatable bonds is 7. The average molecular weight is 396 g/mol. The second-order valence-corrected chi connectivity index (χ2v) is 5.62. The van der Waals surface area contributed by atoms with Crippen molar-refractivity contribution in [3.63, 3.8) is 0 Å². The standard InChI is InChI=1S/C12H14FIN2O4/c1-7(2-3-12(17)18)6-15-10-4-8(13)9(14)5-11(10)16(19)20/h4-5,7,15H,2-3,6H2,1H3,(H,17,18). The second-order valence-electron chi connectivity index (χ2n) is 4.46. The molecule has 1 rings (SSSR count). The number of hydrogen-bond acceptors (Lipinski definition) is 4. The number of carboxylic acid groups (broad SMARTS) is 1. The zero-order chi connectivity index (χ0) is 15.3. The molecule has 0 bridgehead atoms. The number of aliphatic carboxylic acids is 1. The Hall–Kier alpha value is -1.45. The Morgan fingerprint density at radius 1 is 1.60 bits per heavy atom. The van der Waals surface area contributed by atoms with Crippen molar-refractivity contribution in [2.24, 2.45) is 5.92 Å². The van der Waals surface area contributed by atoms with E-state index in [1.807, 2.05) is 6.92 Å². The van der Waals surface area contributed by atoms with Crippen molar-refractivity contribution >= 4 is 39.9 Å². The summed E-state index contributed by atoms with van der Waals surface area (Å²) in [7, 11) is 0. The quantitative estimate of drug-likeness (QED) is 0.420. The van der Waals surface area contributed by atoms with Crippen LogP contribution in [-0.2, 0) is 4.79 Å². The van der Waals surface area contributed by atoms with Gasteiger partial charge >= 0.3 is 5.97 Å². The van der Waals surface area contributed by atoms with E-state index in [2.05, 4.69) is 5.32 Å². The highest BCUT2D eigenvalue weighted by Gasteiger charge is 2.18.